The maximum absolute atomic E-state index is 13.6. The maximum Gasteiger partial charge on any atom is 0.410 e. The Balaban J connectivity index is 1.57. The van der Waals surface area contributed by atoms with Gasteiger partial charge in [-0.25, -0.2) is 4.79 Å². The molecule has 1 aromatic carbocycles. The molecule has 3 aliphatic rings. The van der Waals surface area contributed by atoms with Crippen molar-refractivity contribution in [2.24, 2.45) is 0 Å². The third-order valence-electron chi connectivity index (χ3n) is 6.25. The molecule has 6 nitrogen and oxygen atoms in total. The third kappa shape index (κ3) is 2.63. The molecule has 1 aliphatic carbocycles. The molecule has 0 aromatic heterocycles. The van der Waals surface area contributed by atoms with Gasteiger partial charge in [-0.15, -0.1) is 0 Å². The predicted molar refractivity (Wildman–Crippen MR) is 96.2 cm³/mol. The van der Waals surface area contributed by atoms with Crippen LogP contribution in [0.1, 0.15) is 37.7 Å². The van der Waals surface area contributed by atoms with Crippen molar-refractivity contribution >= 4 is 12.0 Å². The Bertz CT molecular complexity index is 711. The van der Waals surface area contributed by atoms with Crippen molar-refractivity contribution in [3.05, 3.63) is 29.8 Å². The number of nitrogens with zero attached hydrogens (tertiary/aromatic N) is 2. The number of hydrogen-bond acceptors (Lipinski definition) is 4. The molecule has 2 saturated heterocycles. The molecular weight excluding hydrogens is 332 g/mol. The summed E-state index contributed by atoms with van der Waals surface area (Å²) >= 11 is 0. The van der Waals surface area contributed by atoms with Gasteiger partial charge >= 0.3 is 6.09 Å². The number of amides is 2. The first kappa shape index (κ1) is 17.2. The van der Waals surface area contributed by atoms with E-state index in [0.29, 0.717) is 26.1 Å². The zero-order chi connectivity index (χ0) is 18.4. The van der Waals surface area contributed by atoms with Crippen LogP contribution in [0.2, 0.25) is 0 Å². The SMILES string of the molecule is COc1ccc(C2(C(=O)N3CCC4(CN(C)C(=O)O4)C3)CCCC2)cc1. The topological polar surface area (TPSA) is 59.1 Å². The highest BCUT2D eigenvalue weighted by Gasteiger charge is 2.53. The summed E-state index contributed by atoms with van der Waals surface area (Å²) in [5.41, 5.74) is 0.0929. The maximum atomic E-state index is 13.6. The molecule has 2 heterocycles. The van der Waals surface area contributed by atoms with E-state index < -0.39 is 11.0 Å². The Morgan fingerprint density at radius 1 is 1.12 bits per heavy atom. The van der Waals surface area contributed by atoms with Gasteiger partial charge in [-0.05, 0) is 30.5 Å². The molecule has 140 valence electrons. The van der Waals surface area contributed by atoms with Gasteiger partial charge in [-0.3, -0.25) is 4.79 Å². The van der Waals surface area contributed by atoms with E-state index in [-0.39, 0.29) is 12.0 Å². The van der Waals surface area contributed by atoms with Gasteiger partial charge in [-0.2, -0.15) is 0 Å². The van der Waals surface area contributed by atoms with E-state index in [1.54, 1.807) is 19.1 Å². The molecule has 0 bridgehead atoms. The van der Waals surface area contributed by atoms with Crippen molar-refractivity contribution in [3.8, 4) is 5.75 Å². The lowest BCUT2D eigenvalue weighted by atomic mass is 9.77. The van der Waals surface area contributed by atoms with Gasteiger partial charge in [0.2, 0.25) is 5.91 Å². The number of likely N-dealkylation sites (N-methyl/N-ethyl adjacent to an activating group) is 1. The van der Waals surface area contributed by atoms with Crippen LogP contribution < -0.4 is 4.74 Å². The number of carbonyl (C=O) groups excluding carboxylic acids is 2. The van der Waals surface area contributed by atoms with Crippen LogP contribution in [0.4, 0.5) is 4.79 Å². The van der Waals surface area contributed by atoms with Gasteiger partial charge in [0.25, 0.3) is 0 Å². The molecule has 6 heteroatoms. The number of carbonyl (C=O) groups is 2. The zero-order valence-corrected chi connectivity index (χ0v) is 15.5. The predicted octanol–water partition coefficient (Wildman–Crippen LogP) is 2.56. The lowest BCUT2D eigenvalue weighted by molar-refractivity contribution is -0.137. The minimum Gasteiger partial charge on any atom is -0.497 e. The molecule has 3 fully saturated rings. The van der Waals surface area contributed by atoms with Crippen molar-refractivity contribution in [2.75, 3.05) is 33.8 Å². The van der Waals surface area contributed by atoms with E-state index in [9.17, 15) is 9.59 Å². The number of methoxy groups -OCH3 is 1. The van der Waals surface area contributed by atoms with E-state index in [1.807, 2.05) is 29.2 Å². The summed E-state index contributed by atoms with van der Waals surface area (Å²) in [7, 11) is 3.40. The highest BCUT2D eigenvalue weighted by molar-refractivity contribution is 5.89. The standard InChI is InChI=1S/C20H26N2O4/c1-21-13-19(26-18(21)24)11-12-22(14-19)17(23)20(9-3-4-10-20)15-5-7-16(25-2)8-6-15/h5-8H,3-4,9-14H2,1-2H3. The van der Waals surface area contributed by atoms with Crippen LogP contribution in [0, 0.1) is 0 Å². The fourth-order valence-corrected chi connectivity index (χ4v) is 4.84. The fraction of sp³-hybridized carbons (Fsp3) is 0.600. The fourth-order valence-electron chi connectivity index (χ4n) is 4.84. The average Bonchev–Trinajstić information content (AvgIpc) is 3.35. The zero-order valence-electron chi connectivity index (χ0n) is 15.5. The molecule has 2 amide bonds. The van der Waals surface area contributed by atoms with Gasteiger partial charge in [0.15, 0.2) is 5.60 Å². The Morgan fingerprint density at radius 3 is 2.38 bits per heavy atom. The van der Waals surface area contributed by atoms with E-state index in [2.05, 4.69) is 0 Å². The summed E-state index contributed by atoms with van der Waals surface area (Å²) in [6.07, 6.45) is 4.31. The second-order valence-electron chi connectivity index (χ2n) is 7.90. The summed E-state index contributed by atoms with van der Waals surface area (Å²) in [6.45, 7) is 1.71. The molecule has 4 rings (SSSR count). The highest BCUT2D eigenvalue weighted by Crippen LogP contribution is 2.44. The Kier molecular flexibility index (Phi) is 4.09. The van der Waals surface area contributed by atoms with E-state index in [4.69, 9.17) is 9.47 Å². The number of rotatable bonds is 3. The first-order valence-electron chi connectivity index (χ1n) is 9.36. The normalized spacial score (nSPS) is 27.2. The van der Waals surface area contributed by atoms with Crippen LogP contribution in [-0.2, 0) is 14.9 Å². The molecule has 0 N–H and O–H groups in total. The molecular formula is C20H26N2O4. The van der Waals surface area contributed by atoms with Crippen molar-refractivity contribution < 1.29 is 19.1 Å². The largest absolute Gasteiger partial charge is 0.497 e. The summed E-state index contributed by atoms with van der Waals surface area (Å²) in [5, 5.41) is 0. The number of benzene rings is 1. The summed E-state index contributed by atoms with van der Waals surface area (Å²) in [4.78, 5) is 28.9. The second-order valence-corrected chi connectivity index (χ2v) is 7.90. The molecule has 1 atom stereocenters. The van der Waals surface area contributed by atoms with Crippen LogP contribution in [0.25, 0.3) is 0 Å². The minimum absolute atomic E-state index is 0.183. The van der Waals surface area contributed by atoms with Crippen LogP contribution in [0.5, 0.6) is 5.75 Å². The average molecular weight is 358 g/mol. The van der Waals surface area contributed by atoms with Gasteiger partial charge in [0.1, 0.15) is 5.75 Å². The molecule has 1 saturated carbocycles. The van der Waals surface area contributed by atoms with Gasteiger partial charge in [-0.1, -0.05) is 25.0 Å². The molecule has 1 aromatic rings. The molecule has 2 aliphatic heterocycles. The number of likely N-dealkylation sites (tertiary alicyclic amines) is 1. The van der Waals surface area contributed by atoms with Gasteiger partial charge < -0.3 is 19.3 Å². The first-order chi connectivity index (χ1) is 12.5. The second kappa shape index (κ2) is 6.18. The van der Waals surface area contributed by atoms with Crippen molar-refractivity contribution in [1.82, 2.24) is 9.80 Å². The van der Waals surface area contributed by atoms with E-state index >= 15 is 0 Å². The summed E-state index contributed by atoms with van der Waals surface area (Å²) in [5.74, 6) is 0.984. The first-order valence-corrected chi connectivity index (χ1v) is 9.36. The molecule has 26 heavy (non-hydrogen) atoms. The smallest absolute Gasteiger partial charge is 0.410 e. The lowest BCUT2D eigenvalue weighted by Gasteiger charge is -2.33. The monoisotopic (exact) mass is 358 g/mol. The molecule has 0 radical (unpaired) electrons. The van der Waals surface area contributed by atoms with Crippen molar-refractivity contribution in [3.63, 3.8) is 0 Å². The lowest BCUT2D eigenvalue weighted by Crippen LogP contribution is -2.47. The van der Waals surface area contributed by atoms with Crippen LogP contribution in [-0.4, -0.2) is 61.2 Å². The summed E-state index contributed by atoms with van der Waals surface area (Å²) in [6, 6.07) is 7.91. The van der Waals surface area contributed by atoms with Crippen molar-refractivity contribution in [1.29, 1.82) is 0 Å². The number of hydrogen-bond donors (Lipinski definition) is 0. The minimum atomic E-state index is -0.527. The molecule has 1 spiro atoms. The van der Waals surface area contributed by atoms with Crippen molar-refractivity contribution in [2.45, 2.75) is 43.1 Å². The Morgan fingerprint density at radius 2 is 1.81 bits per heavy atom. The summed E-state index contributed by atoms with van der Waals surface area (Å²) < 4.78 is 10.9. The van der Waals surface area contributed by atoms with Gasteiger partial charge in [0.05, 0.1) is 25.6 Å². The quantitative estimate of drug-likeness (QED) is 0.833. The van der Waals surface area contributed by atoms with E-state index in [1.165, 1.54) is 0 Å². The number of ether oxygens (including phenoxy) is 2. The third-order valence-corrected chi connectivity index (χ3v) is 6.25. The Labute approximate surface area is 154 Å². The highest BCUT2D eigenvalue weighted by atomic mass is 16.6. The van der Waals surface area contributed by atoms with Crippen LogP contribution in [0.3, 0.4) is 0 Å². The molecule has 1 unspecified atom stereocenters. The van der Waals surface area contributed by atoms with Crippen LogP contribution in [0.15, 0.2) is 24.3 Å². The van der Waals surface area contributed by atoms with Crippen LogP contribution >= 0.6 is 0 Å². The Hall–Kier alpha value is -2.24. The van der Waals surface area contributed by atoms with Gasteiger partial charge in [0, 0.05) is 20.0 Å². The van der Waals surface area contributed by atoms with E-state index in [0.717, 1.165) is 37.0 Å².